The molecule has 6 aromatic carbocycles. The molecule has 0 N–H and O–H groups in total. The molecule has 0 aliphatic carbocycles. The second kappa shape index (κ2) is 8.77. The standard InChI is InChI=1S/C41H31BN2Si/c1-26-24-33-38-34(25-26)44-39(28-16-8-5-9-17-28)37(27-14-6-4-7-15-27)29-18-12-19-30(40(29)44)42(38)31-20-13-23-36-41(31)43(33)32-21-10-11-22-35(32)45(36,2)3/h4-25H,1-3H3. The number of fused-ring (bicyclic) bond motifs is 6. The van der Waals surface area contributed by atoms with Crippen LogP contribution in [0.25, 0.3) is 39.0 Å². The maximum atomic E-state index is 2.62. The van der Waals surface area contributed by atoms with E-state index in [1.165, 1.54) is 88.4 Å². The first-order valence-electron chi connectivity index (χ1n) is 16.0. The molecule has 0 spiro atoms. The third-order valence-electron chi connectivity index (χ3n) is 10.6. The number of hydrogen-bond acceptors (Lipinski definition) is 1. The highest BCUT2D eigenvalue weighted by atomic mass is 28.3. The molecule has 10 rings (SSSR count). The van der Waals surface area contributed by atoms with Crippen LogP contribution in [0.2, 0.25) is 13.1 Å². The van der Waals surface area contributed by atoms with Crippen molar-refractivity contribution < 1.29 is 0 Å². The van der Waals surface area contributed by atoms with Gasteiger partial charge in [0.2, 0.25) is 0 Å². The zero-order valence-electron chi connectivity index (χ0n) is 25.7. The number of anilines is 3. The van der Waals surface area contributed by atoms with Gasteiger partial charge in [-0.25, -0.2) is 0 Å². The third-order valence-corrected chi connectivity index (χ3v) is 14.1. The maximum Gasteiger partial charge on any atom is 0.252 e. The predicted molar refractivity (Wildman–Crippen MR) is 195 cm³/mol. The van der Waals surface area contributed by atoms with Crippen LogP contribution < -0.4 is 31.7 Å². The Morgan fingerprint density at radius 3 is 2.02 bits per heavy atom. The lowest BCUT2D eigenvalue weighted by molar-refractivity contribution is 1.13. The molecular formula is C41H31BN2Si. The molecule has 0 atom stereocenters. The number of nitrogens with zero attached hydrogens (tertiary/aromatic N) is 2. The molecule has 4 heterocycles. The Morgan fingerprint density at radius 2 is 1.22 bits per heavy atom. The zero-order valence-corrected chi connectivity index (χ0v) is 26.7. The van der Waals surface area contributed by atoms with E-state index in [9.17, 15) is 0 Å². The van der Waals surface area contributed by atoms with Crippen LogP contribution in [0.3, 0.4) is 0 Å². The highest BCUT2D eigenvalue weighted by Gasteiger charge is 2.48. The average molecular weight is 591 g/mol. The fourth-order valence-corrected chi connectivity index (χ4v) is 11.8. The molecule has 0 radical (unpaired) electrons. The molecule has 212 valence electrons. The Morgan fingerprint density at radius 1 is 0.578 bits per heavy atom. The second-order valence-corrected chi connectivity index (χ2v) is 17.7. The summed E-state index contributed by atoms with van der Waals surface area (Å²) in [6.07, 6.45) is 0. The summed E-state index contributed by atoms with van der Waals surface area (Å²) < 4.78 is 2.61. The van der Waals surface area contributed by atoms with Crippen molar-refractivity contribution in [1.29, 1.82) is 0 Å². The summed E-state index contributed by atoms with van der Waals surface area (Å²) in [5.74, 6) is 0. The molecule has 0 saturated carbocycles. The molecule has 0 fully saturated rings. The van der Waals surface area contributed by atoms with E-state index in [0.29, 0.717) is 0 Å². The quantitative estimate of drug-likeness (QED) is 0.197. The van der Waals surface area contributed by atoms with Gasteiger partial charge in [-0.15, -0.1) is 0 Å². The molecule has 2 nitrogen and oxygen atoms in total. The Balaban J connectivity index is 1.41. The first-order valence-corrected chi connectivity index (χ1v) is 19.0. The minimum absolute atomic E-state index is 0.162. The highest BCUT2D eigenvalue weighted by molar-refractivity contribution is 7.05. The summed E-state index contributed by atoms with van der Waals surface area (Å²) in [7, 11) is -1.93. The van der Waals surface area contributed by atoms with Crippen LogP contribution >= 0.6 is 0 Å². The van der Waals surface area contributed by atoms with Crippen LogP contribution in [-0.4, -0.2) is 19.4 Å². The lowest BCUT2D eigenvalue weighted by atomic mass is 9.33. The van der Waals surface area contributed by atoms with Crippen molar-refractivity contribution >= 4 is 69.5 Å². The Labute approximate surface area is 265 Å². The summed E-state index contributed by atoms with van der Waals surface area (Å²) in [6.45, 7) is 7.49. The first kappa shape index (κ1) is 25.3. The summed E-state index contributed by atoms with van der Waals surface area (Å²) in [5, 5.41) is 4.37. The van der Waals surface area contributed by atoms with Gasteiger partial charge in [-0.2, -0.15) is 0 Å². The first-order chi connectivity index (χ1) is 22.0. The van der Waals surface area contributed by atoms with E-state index in [2.05, 4.69) is 163 Å². The van der Waals surface area contributed by atoms with E-state index in [4.69, 9.17) is 0 Å². The SMILES string of the molecule is Cc1cc2c3c(c1)-n1c(-c4ccccc4)c(-c4ccccc4)c4cccc(c41)B3c1cccc3c1N2c1ccccc1[Si]3(C)C. The van der Waals surface area contributed by atoms with Crippen LogP contribution in [-0.2, 0) is 0 Å². The minimum atomic E-state index is -1.93. The number of hydrogen-bond donors (Lipinski definition) is 0. The molecule has 7 aromatic rings. The zero-order chi connectivity index (χ0) is 30.0. The smallest absolute Gasteiger partial charge is 0.252 e. The monoisotopic (exact) mass is 590 g/mol. The number of benzene rings is 6. The van der Waals surface area contributed by atoms with Crippen molar-refractivity contribution in [3.8, 4) is 28.1 Å². The average Bonchev–Trinajstić information content (AvgIpc) is 3.43. The maximum absolute atomic E-state index is 2.62. The van der Waals surface area contributed by atoms with Gasteiger partial charge in [-0.1, -0.05) is 128 Å². The van der Waals surface area contributed by atoms with Crippen molar-refractivity contribution in [2.45, 2.75) is 20.0 Å². The molecule has 3 aliphatic heterocycles. The molecule has 4 heteroatoms. The fourth-order valence-electron chi connectivity index (χ4n) is 8.77. The predicted octanol–water partition coefficient (Wildman–Crippen LogP) is 7.02. The largest absolute Gasteiger partial charge is 0.312 e. The van der Waals surface area contributed by atoms with Crippen LogP contribution in [0.5, 0.6) is 0 Å². The topological polar surface area (TPSA) is 8.17 Å². The van der Waals surface area contributed by atoms with Crippen molar-refractivity contribution in [2.75, 3.05) is 4.90 Å². The van der Waals surface area contributed by atoms with Crippen molar-refractivity contribution in [3.63, 3.8) is 0 Å². The number of aryl methyl sites for hydroxylation is 1. The minimum Gasteiger partial charge on any atom is -0.312 e. The molecule has 3 aliphatic rings. The van der Waals surface area contributed by atoms with Crippen molar-refractivity contribution in [3.05, 3.63) is 139 Å². The lowest BCUT2D eigenvalue weighted by Crippen LogP contribution is -2.67. The number of para-hydroxylation sites is 3. The molecule has 0 unspecified atom stereocenters. The van der Waals surface area contributed by atoms with E-state index < -0.39 is 8.07 Å². The van der Waals surface area contributed by atoms with E-state index in [1.54, 1.807) is 0 Å². The molecular weight excluding hydrogens is 559 g/mol. The van der Waals surface area contributed by atoms with Gasteiger partial charge in [-0.05, 0) is 68.6 Å². The van der Waals surface area contributed by atoms with Crippen molar-refractivity contribution in [2.24, 2.45) is 0 Å². The van der Waals surface area contributed by atoms with Gasteiger partial charge < -0.3 is 9.47 Å². The van der Waals surface area contributed by atoms with Gasteiger partial charge in [0.25, 0.3) is 6.71 Å². The van der Waals surface area contributed by atoms with Crippen LogP contribution in [0.1, 0.15) is 5.56 Å². The molecule has 1 aromatic heterocycles. The van der Waals surface area contributed by atoms with Crippen LogP contribution in [0, 0.1) is 6.92 Å². The van der Waals surface area contributed by atoms with Crippen LogP contribution in [0.4, 0.5) is 17.1 Å². The van der Waals surface area contributed by atoms with E-state index >= 15 is 0 Å². The van der Waals surface area contributed by atoms with Crippen molar-refractivity contribution in [1.82, 2.24) is 4.57 Å². The van der Waals surface area contributed by atoms with Gasteiger partial charge in [0, 0.05) is 39.2 Å². The van der Waals surface area contributed by atoms with Gasteiger partial charge in [0.1, 0.15) is 8.07 Å². The second-order valence-electron chi connectivity index (χ2n) is 13.4. The Kier molecular flexibility index (Phi) is 4.93. The Bertz CT molecular complexity index is 2370. The molecule has 45 heavy (non-hydrogen) atoms. The summed E-state index contributed by atoms with van der Waals surface area (Å²) in [6, 6.07) is 50.2. The Hall–Kier alpha value is -5.06. The van der Waals surface area contributed by atoms with Gasteiger partial charge in [0.15, 0.2) is 0 Å². The third kappa shape index (κ3) is 3.15. The van der Waals surface area contributed by atoms with E-state index in [-0.39, 0.29) is 6.71 Å². The summed E-state index contributed by atoms with van der Waals surface area (Å²) in [5.41, 5.74) is 17.3. The van der Waals surface area contributed by atoms with Gasteiger partial charge >= 0.3 is 0 Å². The summed E-state index contributed by atoms with van der Waals surface area (Å²) >= 11 is 0. The van der Waals surface area contributed by atoms with Gasteiger partial charge in [-0.3, -0.25) is 0 Å². The normalized spacial score (nSPS) is 14.6. The van der Waals surface area contributed by atoms with E-state index in [1.807, 2.05) is 0 Å². The van der Waals surface area contributed by atoms with E-state index in [0.717, 1.165) is 0 Å². The summed E-state index contributed by atoms with van der Waals surface area (Å²) in [4.78, 5) is 2.62. The molecule has 0 amide bonds. The number of aromatic nitrogens is 1. The molecule has 0 saturated heterocycles. The highest BCUT2D eigenvalue weighted by Crippen LogP contribution is 2.46. The van der Waals surface area contributed by atoms with Crippen LogP contribution in [0.15, 0.2) is 133 Å². The number of rotatable bonds is 2. The fraction of sp³-hybridized carbons (Fsp3) is 0.0732. The lowest BCUT2D eigenvalue weighted by Gasteiger charge is -2.47. The molecule has 0 bridgehead atoms. The van der Waals surface area contributed by atoms with Gasteiger partial charge in [0.05, 0.1) is 5.69 Å².